The van der Waals surface area contributed by atoms with Gasteiger partial charge in [0.15, 0.2) is 0 Å². The second kappa shape index (κ2) is 17.4. The third kappa shape index (κ3) is 10.3. The number of carbonyl (C=O) groups excluding carboxylic acids is 1. The van der Waals surface area contributed by atoms with Crippen LogP contribution in [0.25, 0.3) is 21.6 Å². The molecule has 0 saturated heterocycles. The first-order valence-corrected chi connectivity index (χ1v) is 13.8. The van der Waals surface area contributed by atoms with Gasteiger partial charge in [-0.15, -0.1) is 0 Å². The fourth-order valence-electron chi connectivity index (χ4n) is 4.41. The van der Waals surface area contributed by atoms with Crippen molar-refractivity contribution in [1.29, 1.82) is 0 Å². The topological polar surface area (TPSA) is 99.6 Å². The molecule has 0 aliphatic carbocycles. The lowest BCUT2D eigenvalue weighted by atomic mass is 9.88. The maximum absolute atomic E-state index is 12.3. The van der Waals surface area contributed by atoms with Crippen molar-refractivity contribution in [2.24, 2.45) is 5.11 Å². The van der Waals surface area contributed by atoms with Gasteiger partial charge >= 0.3 is 0 Å². The van der Waals surface area contributed by atoms with Crippen LogP contribution in [0.1, 0.15) is 30.0 Å². The van der Waals surface area contributed by atoms with Crippen LogP contribution < -0.4 is 10.1 Å². The van der Waals surface area contributed by atoms with Crippen LogP contribution in [-0.2, 0) is 9.53 Å². The Balaban J connectivity index is 1.53. The number of benzene rings is 3. The highest BCUT2D eigenvalue weighted by molar-refractivity contribution is 5.98. The first-order valence-electron chi connectivity index (χ1n) is 13.8. The van der Waals surface area contributed by atoms with Crippen LogP contribution in [0.4, 0.5) is 0 Å². The van der Waals surface area contributed by atoms with E-state index in [1.165, 1.54) is 22.3 Å². The van der Waals surface area contributed by atoms with Gasteiger partial charge in [-0.25, -0.2) is 0 Å². The van der Waals surface area contributed by atoms with Crippen LogP contribution in [0.5, 0.6) is 5.75 Å². The Morgan fingerprint density at radius 2 is 1.56 bits per heavy atom. The molecule has 3 rings (SSSR count). The van der Waals surface area contributed by atoms with Crippen molar-refractivity contribution in [2.45, 2.75) is 13.3 Å². The maximum Gasteiger partial charge on any atom is 0.247 e. The zero-order chi connectivity index (χ0) is 29.3. The van der Waals surface area contributed by atoms with Crippen LogP contribution in [-0.4, -0.2) is 63.9 Å². The lowest BCUT2D eigenvalue weighted by molar-refractivity contribution is -0.117. The number of allylic oxidation sites excluding steroid dienone is 1. The van der Waals surface area contributed by atoms with Crippen molar-refractivity contribution in [3.8, 4) is 5.75 Å². The van der Waals surface area contributed by atoms with Crippen molar-refractivity contribution in [3.05, 3.63) is 124 Å². The van der Waals surface area contributed by atoms with Gasteiger partial charge in [-0.3, -0.25) is 9.69 Å². The molecule has 1 amide bonds. The Kier molecular flexibility index (Phi) is 13.2. The Morgan fingerprint density at radius 3 is 2.20 bits per heavy atom. The normalized spacial score (nSPS) is 11.4. The molecule has 0 aliphatic heterocycles. The van der Waals surface area contributed by atoms with Crippen LogP contribution in [0, 0.1) is 0 Å². The first-order chi connectivity index (χ1) is 20.0. The molecule has 0 unspecified atom stereocenters. The van der Waals surface area contributed by atoms with Gasteiger partial charge in [-0.05, 0) is 59.0 Å². The van der Waals surface area contributed by atoms with E-state index in [4.69, 9.17) is 15.0 Å². The molecule has 0 bridgehead atoms. The summed E-state index contributed by atoms with van der Waals surface area (Å²) in [6.45, 7) is 8.95. The fourth-order valence-corrected chi connectivity index (χ4v) is 4.41. The lowest BCUT2D eigenvalue weighted by Gasteiger charge is -2.19. The number of ether oxygens (including phenoxy) is 2. The van der Waals surface area contributed by atoms with E-state index in [2.05, 4.69) is 89.5 Å². The largest absolute Gasteiger partial charge is 0.492 e. The molecule has 0 saturated carbocycles. The molecule has 41 heavy (non-hydrogen) atoms. The summed E-state index contributed by atoms with van der Waals surface area (Å²) >= 11 is 0. The minimum atomic E-state index is -0.212. The van der Waals surface area contributed by atoms with Gasteiger partial charge in [-0.1, -0.05) is 91.4 Å². The molecule has 0 fully saturated rings. The Hall–Kier alpha value is -4.36. The molecule has 0 aromatic heterocycles. The molecular formula is C33H39N5O3. The zero-order valence-corrected chi connectivity index (χ0v) is 24.0. The van der Waals surface area contributed by atoms with Crippen molar-refractivity contribution >= 4 is 17.1 Å². The van der Waals surface area contributed by atoms with Gasteiger partial charge in [0.25, 0.3) is 0 Å². The van der Waals surface area contributed by atoms with Crippen molar-refractivity contribution < 1.29 is 14.3 Å². The zero-order valence-electron chi connectivity index (χ0n) is 24.0. The number of azide groups is 1. The first kappa shape index (κ1) is 31.2. The maximum atomic E-state index is 12.3. The molecule has 8 nitrogen and oxygen atoms in total. The minimum absolute atomic E-state index is 0.212. The summed E-state index contributed by atoms with van der Waals surface area (Å²) in [5, 5.41) is 6.17. The molecule has 0 aliphatic rings. The van der Waals surface area contributed by atoms with E-state index in [-0.39, 0.29) is 12.5 Å². The average molecular weight is 554 g/mol. The second-order valence-electron chi connectivity index (χ2n) is 9.48. The Morgan fingerprint density at radius 1 is 0.927 bits per heavy atom. The van der Waals surface area contributed by atoms with Crippen LogP contribution in [0.2, 0.25) is 0 Å². The van der Waals surface area contributed by atoms with Gasteiger partial charge in [0.1, 0.15) is 12.4 Å². The highest BCUT2D eigenvalue weighted by atomic mass is 16.5. The van der Waals surface area contributed by atoms with Gasteiger partial charge < -0.3 is 14.8 Å². The Bertz CT molecular complexity index is 1320. The van der Waals surface area contributed by atoms with E-state index in [0.29, 0.717) is 45.0 Å². The third-order valence-electron chi connectivity index (χ3n) is 6.44. The molecule has 0 radical (unpaired) electrons. The highest BCUT2D eigenvalue weighted by Crippen LogP contribution is 2.34. The highest BCUT2D eigenvalue weighted by Gasteiger charge is 2.13. The Labute approximate surface area is 242 Å². The predicted octanol–water partition coefficient (Wildman–Crippen LogP) is 6.37. The summed E-state index contributed by atoms with van der Waals surface area (Å²) in [7, 11) is 1.93. The number of likely N-dealkylation sites (N-methyl/N-ethyl adjacent to an activating group) is 1. The molecule has 3 aromatic carbocycles. The summed E-state index contributed by atoms with van der Waals surface area (Å²) in [6, 6.07) is 29.3. The molecule has 0 heterocycles. The number of amides is 1. The van der Waals surface area contributed by atoms with E-state index in [9.17, 15) is 4.79 Å². The smallest absolute Gasteiger partial charge is 0.247 e. The minimum Gasteiger partial charge on any atom is -0.492 e. The van der Waals surface area contributed by atoms with Crippen molar-refractivity contribution in [3.63, 3.8) is 0 Å². The van der Waals surface area contributed by atoms with Crippen LogP contribution in [0.3, 0.4) is 0 Å². The van der Waals surface area contributed by atoms with E-state index in [1.54, 1.807) is 0 Å². The van der Waals surface area contributed by atoms with Crippen LogP contribution >= 0.6 is 0 Å². The predicted molar refractivity (Wildman–Crippen MR) is 166 cm³/mol. The van der Waals surface area contributed by atoms with Gasteiger partial charge in [0.2, 0.25) is 5.91 Å². The average Bonchev–Trinajstić information content (AvgIpc) is 3.00. The molecular weight excluding hydrogens is 514 g/mol. The quantitative estimate of drug-likeness (QED) is 0.0525. The summed E-state index contributed by atoms with van der Waals surface area (Å²) in [6.07, 6.45) is 0.912. The van der Waals surface area contributed by atoms with Crippen molar-refractivity contribution in [2.75, 3.05) is 53.0 Å². The number of nitrogens with one attached hydrogen (secondary N) is 1. The van der Waals surface area contributed by atoms with Gasteiger partial charge in [0.05, 0.1) is 13.2 Å². The lowest BCUT2D eigenvalue weighted by Crippen LogP contribution is -2.34. The van der Waals surface area contributed by atoms with Gasteiger partial charge in [0, 0.05) is 36.7 Å². The molecule has 8 heteroatoms. The molecule has 3 aromatic rings. The third-order valence-corrected chi connectivity index (χ3v) is 6.44. The standard InChI is InChI=1S/C33H39N5O3/c1-4-31(27-11-7-5-8-12-27)32(28-13-9-6-10-14-28)29-15-17-30(18-16-29)41-24-21-38(3)25-26(2)33(39)35-19-22-40-23-20-36-37-34/h5-18H,2,4,19-25H2,1,3H3,(H,35,39)/b32-31-. The monoisotopic (exact) mass is 553 g/mol. The number of carbonyl (C=O) groups is 1. The summed E-state index contributed by atoms with van der Waals surface area (Å²) < 4.78 is 11.3. The number of hydrogen-bond acceptors (Lipinski definition) is 5. The van der Waals surface area contributed by atoms with E-state index in [0.717, 1.165) is 17.7 Å². The number of hydrogen-bond donors (Lipinski definition) is 1. The summed E-state index contributed by atoms with van der Waals surface area (Å²) in [4.78, 5) is 16.9. The van der Waals surface area contributed by atoms with Gasteiger partial charge in [-0.2, -0.15) is 0 Å². The molecule has 0 spiro atoms. The van der Waals surface area contributed by atoms with Crippen molar-refractivity contribution in [1.82, 2.24) is 10.2 Å². The number of rotatable bonds is 17. The summed E-state index contributed by atoms with van der Waals surface area (Å²) in [5.41, 5.74) is 14.8. The summed E-state index contributed by atoms with van der Waals surface area (Å²) in [5.74, 6) is 0.584. The SMILES string of the molecule is C=C(CN(C)CCOc1ccc(/C(=C(/CC)c2ccccc2)c2ccccc2)cc1)C(=O)NCCOCCN=[N+]=[N-]. The second-order valence-corrected chi connectivity index (χ2v) is 9.48. The number of nitrogens with zero attached hydrogens (tertiary/aromatic N) is 4. The molecule has 0 atom stereocenters. The van der Waals surface area contributed by atoms with E-state index in [1.807, 2.05) is 36.2 Å². The van der Waals surface area contributed by atoms with Crippen LogP contribution in [0.15, 0.2) is 102 Å². The molecule has 1 N–H and O–H groups in total. The molecule has 214 valence electrons. The van der Waals surface area contributed by atoms with E-state index < -0.39 is 0 Å². The fraction of sp³-hybridized carbons (Fsp3) is 0.303. The van der Waals surface area contributed by atoms with E-state index >= 15 is 0 Å².